The molecule has 18 heavy (non-hydrogen) atoms. The van der Waals surface area contributed by atoms with E-state index in [1.165, 1.54) is 29.5 Å². The van der Waals surface area contributed by atoms with Crippen molar-refractivity contribution < 1.29 is 0 Å². The molecular formula is C16H28N2. The Morgan fingerprint density at radius 3 is 2.17 bits per heavy atom. The molecule has 0 spiro atoms. The highest BCUT2D eigenvalue weighted by molar-refractivity contribution is 5.29. The van der Waals surface area contributed by atoms with E-state index in [0.717, 1.165) is 18.8 Å². The fourth-order valence-corrected chi connectivity index (χ4v) is 2.49. The first kappa shape index (κ1) is 15.2. The molecule has 0 radical (unpaired) electrons. The van der Waals surface area contributed by atoms with E-state index in [4.69, 9.17) is 5.84 Å². The van der Waals surface area contributed by atoms with Gasteiger partial charge in [0.25, 0.3) is 0 Å². The number of benzene rings is 1. The first-order valence-electron chi connectivity index (χ1n) is 7.04. The van der Waals surface area contributed by atoms with Crippen molar-refractivity contribution >= 4 is 0 Å². The molecule has 0 heterocycles. The van der Waals surface area contributed by atoms with Crippen LogP contribution in [0.5, 0.6) is 0 Å². The van der Waals surface area contributed by atoms with Crippen LogP contribution < -0.4 is 11.3 Å². The number of rotatable bonds is 7. The number of hydrazine groups is 1. The number of nitrogens with two attached hydrogens (primary N) is 1. The Balaban J connectivity index is 2.51. The van der Waals surface area contributed by atoms with Gasteiger partial charge >= 0.3 is 0 Å². The molecule has 0 fully saturated rings. The fraction of sp³-hybridized carbons (Fsp3) is 0.625. The van der Waals surface area contributed by atoms with Crippen molar-refractivity contribution in [2.24, 2.45) is 11.8 Å². The Kier molecular flexibility index (Phi) is 6.37. The van der Waals surface area contributed by atoms with Crippen molar-refractivity contribution in [1.82, 2.24) is 5.43 Å². The molecule has 1 aromatic rings. The minimum atomic E-state index is 0.393. The lowest BCUT2D eigenvalue weighted by atomic mass is 9.97. The largest absolute Gasteiger partial charge is 0.271 e. The lowest BCUT2D eigenvalue weighted by molar-refractivity contribution is 0.441. The predicted octanol–water partition coefficient (Wildman–Crippen LogP) is 3.50. The summed E-state index contributed by atoms with van der Waals surface area (Å²) in [4.78, 5) is 0. The molecule has 0 aromatic heterocycles. The fourth-order valence-electron chi connectivity index (χ4n) is 2.49. The van der Waals surface area contributed by atoms with Crippen molar-refractivity contribution in [3.8, 4) is 0 Å². The van der Waals surface area contributed by atoms with Gasteiger partial charge in [-0.2, -0.15) is 0 Å². The van der Waals surface area contributed by atoms with Crippen molar-refractivity contribution in [2.75, 3.05) is 0 Å². The van der Waals surface area contributed by atoms with E-state index in [2.05, 4.69) is 51.3 Å². The van der Waals surface area contributed by atoms with Crippen LogP contribution in [0.15, 0.2) is 18.2 Å². The van der Waals surface area contributed by atoms with E-state index in [9.17, 15) is 0 Å². The van der Waals surface area contributed by atoms with Gasteiger partial charge in [-0.3, -0.25) is 11.3 Å². The van der Waals surface area contributed by atoms with Crippen LogP contribution in [0.4, 0.5) is 0 Å². The average Bonchev–Trinajstić information content (AvgIpc) is 2.25. The Morgan fingerprint density at radius 2 is 1.67 bits per heavy atom. The summed E-state index contributed by atoms with van der Waals surface area (Å²) >= 11 is 0. The van der Waals surface area contributed by atoms with E-state index in [1.807, 2.05) is 0 Å². The number of hydrogen-bond acceptors (Lipinski definition) is 2. The summed E-state index contributed by atoms with van der Waals surface area (Å²) in [6, 6.07) is 7.14. The maximum Gasteiger partial charge on any atom is 0.0250 e. The third kappa shape index (κ3) is 5.65. The smallest absolute Gasteiger partial charge is 0.0250 e. The van der Waals surface area contributed by atoms with E-state index in [-0.39, 0.29) is 0 Å². The molecule has 0 aliphatic rings. The molecule has 0 aliphatic carbocycles. The van der Waals surface area contributed by atoms with Crippen LogP contribution in [0.1, 0.15) is 49.8 Å². The normalized spacial score (nSPS) is 13.0. The zero-order valence-electron chi connectivity index (χ0n) is 12.3. The topological polar surface area (TPSA) is 38.0 Å². The number of aryl methyl sites for hydroxylation is 2. The summed E-state index contributed by atoms with van der Waals surface area (Å²) in [7, 11) is 0. The summed E-state index contributed by atoms with van der Waals surface area (Å²) in [5.74, 6) is 6.45. The van der Waals surface area contributed by atoms with Crippen LogP contribution in [-0.2, 0) is 6.42 Å². The molecule has 3 N–H and O–H groups in total. The van der Waals surface area contributed by atoms with Crippen molar-refractivity contribution in [2.45, 2.75) is 59.4 Å². The quantitative estimate of drug-likeness (QED) is 0.572. The molecule has 102 valence electrons. The second-order valence-electron chi connectivity index (χ2n) is 5.89. The summed E-state index contributed by atoms with van der Waals surface area (Å²) < 4.78 is 0. The third-order valence-corrected chi connectivity index (χ3v) is 3.33. The molecule has 0 bridgehead atoms. The summed E-state index contributed by atoms with van der Waals surface area (Å²) in [5, 5.41) is 0. The second-order valence-corrected chi connectivity index (χ2v) is 5.89. The Bertz CT molecular complexity index is 338. The summed E-state index contributed by atoms with van der Waals surface area (Å²) in [6.45, 7) is 8.85. The van der Waals surface area contributed by atoms with Gasteiger partial charge < -0.3 is 0 Å². The van der Waals surface area contributed by atoms with Gasteiger partial charge in [0.05, 0.1) is 0 Å². The average molecular weight is 248 g/mol. The zero-order chi connectivity index (χ0) is 13.5. The first-order chi connectivity index (χ1) is 8.51. The highest BCUT2D eigenvalue weighted by Gasteiger charge is 2.08. The van der Waals surface area contributed by atoms with Crippen molar-refractivity contribution in [3.63, 3.8) is 0 Å². The standard InChI is InChI=1S/C16H28N2/c1-12(2)6-5-7-16(18-17)11-15-9-13(3)8-14(4)10-15/h8-10,12,16,18H,5-7,11,17H2,1-4H3. The van der Waals surface area contributed by atoms with Gasteiger partial charge in [-0.25, -0.2) is 0 Å². The predicted molar refractivity (Wildman–Crippen MR) is 79.4 cm³/mol. The van der Waals surface area contributed by atoms with Crippen LogP contribution in [0.25, 0.3) is 0 Å². The van der Waals surface area contributed by atoms with Crippen LogP contribution in [0, 0.1) is 19.8 Å². The van der Waals surface area contributed by atoms with E-state index in [0.29, 0.717) is 6.04 Å². The maximum absolute atomic E-state index is 5.66. The van der Waals surface area contributed by atoms with Gasteiger partial charge in [-0.15, -0.1) is 0 Å². The summed E-state index contributed by atoms with van der Waals surface area (Å²) in [6.07, 6.45) is 4.71. The van der Waals surface area contributed by atoms with Crippen molar-refractivity contribution in [1.29, 1.82) is 0 Å². The van der Waals surface area contributed by atoms with Crippen molar-refractivity contribution in [3.05, 3.63) is 34.9 Å². The van der Waals surface area contributed by atoms with E-state index in [1.54, 1.807) is 0 Å². The van der Waals surface area contributed by atoms with Gasteiger partial charge in [-0.1, -0.05) is 56.0 Å². The molecule has 1 unspecified atom stereocenters. The molecule has 1 aromatic carbocycles. The van der Waals surface area contributed by atoms with Crippen LogP contribution >= 0.6 is 0 Å². The lowest BCUT2D eigenvalue weighted by Gasteiger charge is -2.17. The number of nitrogens with one attached hydrogen (secondary N) is 1. The van der Waals surface area contributed by atoms with Gasteiger partial charge in [0.1, 0.15) is 0 Å². The SMILES string of the molecule is Cc1cc(C)cc(CC(CCCC(C)C)NN)c1. The molecule has 0 saturated heterocycles. The molecule has 0 aliphatic heterocycles. The van der Waals surface area contributed by atoms with Gasteiger partial charge in [0.2, 0.25) is 0 Å². The second kappa shape index (κ2) is 7.55. The molecule has 1 atom stereocenters. The van der Waals surface area contributed by atoms with E-state index < -0.39 is 0 Å². The number of hydrogen-bond donors (Lipinski definition) is 2. The van der Waals surface area contributed by atoms with Crippen LogP contribution in [-0.4, -0.2) is 6.04 Å². The minimum Gasteiger partial charge on any atom is -0.271 e. The third-order valence-electron chi connectivity index (χ3n) is 3.33. The lowest BCUT2D eigenvalue weighted by Crippen LogP contribution is -2.36. The molecule has 0 saturated carbocycles. The minimum absolute atomic E-state index is 0.393. The first-order valence-corrected chi connectivity index (χ1v) is 7.04. The van der Waals surface area contributed by atoms with Crippen LogP contribution in [0.2, 0.25) is 0 Å². The monoisotopic (exact) mass is 248 g/mol. The highest BCUT2D eigenvalue weighted by Crippen LogP contribution is 2.14. The van der Waals surface area contributed by atoms with Crippen LogP contribution in [0.3, 0.4) is 0 Å². The van der Waals surface area contributed by atoms with Gasteiger partial charge in [0, 0.05) is 6.04 Å². The Morgan fingerprint density at radius 1 is 1.06 bits per heavy atom. The van der Waals surface area contributed by atoms with Gasteiger partial charge in [-0.05, 0) is 38.2 Å². The van der Waals surface area contributed by atoms with Gasteiger partial charge in [0.15, 0.2) is 0 Å². The summed E-state index contributed by atoms with van der Waals surface area (Å²) in [5.41, 5.74) is 7.02. The van der Waals surface area contributed by atoms with E-state index >= 15 is 0 Å². The molecule has 0 amide bonds. The maximum atomic E-state index is 5.66. The molecule has 1 rings (SSSR count). The molecule has 2 heteroatoms. The molecule has 2 nitrogen and oxygen atoms in total. The molecular weight excluding hydrogens is 220 g/mol. The Hall–Kier alpha value is -0.860. The highest BCUT2D eigenvalue weighted by atomic mass is 15.2. The zero-order valence-corrected chi connectivity index (χ0v) is 12.3. The Labute approximate surface area is 112 Å².